The molecule has 0 spiro atoms. The second kappa shape index (κ2) is 10.1. The summed E-state index contributed by atoms with van der Waals surface area (Å²) in [6, 6.07) is 10.6. The summed E-state index contributed by atoms with van der Waals surface area (Å²) in [6.07, 6.45) is 5.47. The van der Waals surface area contributed by atoms with E-state index in [-0.39, 0.29) is 24.5 Å². The molecule has 7 heteroatoms. The molecule has 1 aliphatic rings. The number of hydrogen-bond donors (Lipinski definition) is 2. The number of carbonyl (C=O) groups excluding carboxylic acids is 2. The van der Waals surface area contributed by atoms with Crippen LogP contribution in [0.5, 0.6) is 5.75 Å². The molecule has 2 N–H and O–H groups in total. The first-order valence-electron chi connectivity index (χ1n) is 9.71. The Morgan fingerprint density at radius 3 is 2.62 bits per heavy atom. The fourth-order valence-corrected chi connectivity index (χ4v) is 3.79. The van der Waals surface area contributed by atoms with E-state index in [2.05, 4.69) is 26.6 Å². The van der Waals surface area contributed by atoms with E-state index in [0.717, 1.165) is 35.7 Å². The number of halogens is 2. The second-order valence-electron chi connectivity index (χ2n) is 7.25. The number of anilines is 1. The second-order valence-corrected chi connectivity index (χ2v) is 8.51. The van der Waals surface area contributed by atoms with Gasteiger partial charge < -0.3 is 15.4 Å². The van der Waals surface area contributed by atoms with Crippen LogP contribution in [0, 0.1) is 6.92 Å². The lowest BCUT2D eigenvalue weighted by Crippen LogP contribution is -2.36. The summed E-state index contributed by atoms with van der Waals surface area (Å²) in [4.78, 5) is 24.8. The van der Waals surface area contributed by atoms with Gasteiger partial charge in [0.2, 0.25) is 0 Å². The Morgan fingerprint density at radius 2 is 1.90 bits per heavy atom. The van der Waals surface area contributed by atoms with Crippen molar-refractivity contribution in [3.8, 4) is 5.75 Å². The van der Waals surface area contributed by atoms with Crippen LogP contribution in [0.3, 0.4) is 0 Å². The van der Waals surface area contributed by atoms with Crippen LogP contribution >= 0.6 is 27.5 Å². The van der Waals surface area contributed by atoms with Crippen LogP contribution in [0.1, 0.15) is 48.0 Å². The van der Waals surface area contributed by atoms with Gasteiger partial charge in [-0.15, -0.1) is 0 Å². The van der Waals surface area contributed by atoms with Gasteiger partial charge in [-0.05, 0) is 61.7 Å². The van der Waals surface area contributed by atoms with E-state index in [1.165, 1.54) is 6.42 Å². The molecule has 2 amide bonds. The molecule has 1 fully saturated rings. The third kappa shape index (κ3) is 6.21. The molecule has 0 atom stereocenters. The Morgan fingerprint density at radius 1 is 1.14 bits per heavy atom. The van der Waals surface area contributed by atoms with Gasteiger partial charge in [0.05, 0.1) is 10.6 Å². The molecule has 1 aliphatic carbocycles. The number of aryl methyl sites for hydroxylation is 1. The number of nitrogens with one attached hydrogen (secondary N) is 2. The molecular weight excluding hydrogens is 456 g/mol. The molecule has 0 radical (unpaired) electrons. The Hall–Kier alpha value is -2.05. The lowest BCUT2D eigenvalue weighted by Gasteiger charge is -2.23. The topological polar surface area (TPSA) is 67.4 Å². The molecule has 0 heterocycles. The summed E-state index contributed by atoms with van der Waals surface area (Å²) in [5.41, 5.74) is 1.89. The zero-order valence-corrected chi connectivity index (χ0v) is 18.6. The van der Waals surface area contributed by atoms with Crippen molar-refractivity contribution in [2.45, 2.75) is 45.1 Å². The molecule has 1 saturated carbocycles. The normalized spacial score (nSPS) is 14.3. The fourth-order valence-electron chi connectivity index (χ4n) is 3.34. The fraction of sp³-hybridized carbons (Fsp3) is 0.364. The van der Waals surface area contributed by atoms with Crippen molar-refractivity contribution in [1.29, 1.82) is 0 Å². The highest BCUT2D eigenvalue weighted by Crippen LogP contribution is 2.24. The van der Waals surface area contributed by atoms with Crippen molar-refractivity contribution < 1.29 is 14.3 Å². The lowest BCUT2D eigenvalue weighted by molar-refractivity contribution is -0.118. The number of ether oxygens (including phenoxy) is 1. The number of rotatable bonds is 6. The summed E-state index contributed by atoms with van der Waals surface area (Å²) in [5.74, 6) is 0.0932. The first-order chi connectivity index (χ1) is 13.9. The molecular formula is C22H24BrClN2O3. The maximum atomic E-state index is 12.6. The maximum Gasteiger partial charge on any atom is 0.262 e. The Balaban J connectivity index is 1.58. The van der Waals surface area contributed by atoms with Gasteiger partial charge in [0.15, 0.2) is 6.61 Å². The van der Waals surface area contributed by atoms with Crippen LogP contribution in [-0.2, 0) is 4.79 Å². The SMILES string of the molecule is Cc1cc(OCC(=O)Nc2ccc(Cl)c(C(=O)NC3CCCCC3)c2)ccc1Br. The number of carbonyl (C=O) groups is 2. The third-order valence-corrected chi connectivity index (χ3v) is 6.15. The summed E-state index contributed by atoms with van der Waals surface area (Å²) in [5, 5.41) is 6.16. The lowest BCUT2D eigenvalue weighted by atomic mass is 9.95. The average molecular weight is 480 g/mol. The minimum Gasteiger partial charge on any atom is -0.484 e. The summed E-state index contributed by atoms with van der Waals surface area (Å²) in [7, 11) is 0. The van der Waals surface area contributed by atoms with Crippen molar-refractivity contribution >= 4 is 45.0 Å². The first-order valence-corrected chi connectivity index (χ1v) is 10.9. The molecule has 29 heavy (non-hydrogen) atoms. The molecule has 0 aromatic heterocycles. The minimum absolute atomic E-state index is 0.132. The van der Waals surface area contributed by atoms with E-state index in [0.29, 0.717) is 22.0 Å². The van der Waals surface area contributed by atoms with E-state index < -0.39 is 0 Å². The molecule has 154 valence electrons. The zero-order chi connectivity index (χ0) is 20.8. The molecule has 0 saturated heterocycles. The molecule has 0 bridgehead atoms. The Labute approximate surface area is 184 Å². The molecule has 3 rings (SSSR count). The van der Waals surface area contributed by atoms with Gasteiger partial charge in [-0.25, -0.2) is 0 Å². The number of amides is 2. The van der Waals surface area contributed by atoms with Crippen LogP contribution in [0.2, 0.25) is 5.02 Å². The highest BCUT2D eigenvalue weighted by molar-refractivity contribution is 9.10. The number of benzene rings is 2. The van der Waals surface area contributed by atoms with E-state index in [1.54, 1.807) is 24.3 Å². The van der Waals surface area contributed by atoms with Crippen LogP contribution in [-0.4, -0.2) is 24.5 Å². The van der Waals surface area contributed by atoms with E-state index in [4.69, 9.17) is 16.3 Å². The van der Waals surface area contributed by atoms with Crippen molar-refractivity contribution in [2.24, 2.45) is 0 Å². The Bertz CT molecular complexity index is 898. The van der Waals surface area contributed by atoms with Crippen LogP contribution < -0.4 is 15.4 Å². The van der Waals surface area contributed by atoms with Gasteiger partial charge >= 0.3 is 0 Å². The van der Waals surface area contributed by atoms with Gasteiger partial charge in [0.1, 0.15) is 5.75 Å². The molecule has 0 unspecified atom stereocenters. The monoisotopic (exact) mass is 478 g/mol. The largest absolute Gasteiger partial charge is 0.484 e. The van der Waals surface area contributed by atoms with E-state index in [9.17, 15) is 9.59 Å². The Kier molecular flexibility index (Phi) is 7.56. The first kappa shape index (κ1) is 21.7. The van der Waals surface area contributed by atoms with Gasteiger partial charge in [-0.1, -0.05) is 46.8 Å². The standard InChI is InChI=1S/C22H24BrClN2O3/c1-14-11-17(8-9-19(14)23)29-13-21(27)25-16-7-10-20(24)18(12-16)22(28)26-15-5-3-2-4-6-15/h7-12,15H,2-6,13H2,1H3,(H,25,27)(H,26,28). The van der Waals surface area contributed by atoms with Gasteiger partial charge in [0, 0.05) is 16.2 Å². The van der Waals surface area contributed by atoms with Crippen molar-refractivity contribution in [2.75, 3.05) is 11.9 Å². The molecule has 5 nitrogen and oxygen atoms in total. The zero-order valence-electron chi connectivity index (χ0n) is 16.3. The molecule has 2 aromatic carbocycles. The average Bonchev–Trinajstić information content (AvgIpc) is 2.71. The smallest absolute Gasteiger partial charge is 0.262 e. The highest BCUT2D eigenvalue weighted by Gasteiger charge is 2.19. The third-order valence-electron chi connectivity index (χ3n) is 4.93. The summed E-state index contributed by atoms with van der Waals surface area (Å²) in [6.45, 7) is 1.82. The quantitative estimate of drug-likeness (QED) is 0.575. The van der Waals surface area contributed by atoms with Gasteiger partial charge in [-0.2, -0.15) is 0 Å². The summed E-state index contributed by atoms with van der Waals surface area (Å²) >= 11 is 9.64. The predicted molar refractivity (Wildman–Crippen MR) is 119 cm³/mol. The van der Waals surface area contributed by atoms with Gasteiger partial charge in [0.25, 0.3) is 11.8 Å². The minimum atomic E-state index is -0.313. The van der Waals surface area contributed by atoms with Gasteiger partial charge in [-0.3, -0.25) is 9.59 Å². The van der Waals surface area contributed by atoms with Crippen molar-refractivity contribution in [3.63, 3.8) is 0 Å². The maximum absolute atomic E-state index is 12.6. The van der Waals surface area contributed by atoms with Crippen molar-refractivity contribution in [1.82, 2.24) is 5.32 Å². The van der Waals surface area contributed by atoms with E-state index >= 15 is 0 Å². The molecule has 2 aromatic rings. The van der Waals surface area contributed by atoms with Crippen molar-refractivity contribution in [3.05, 3.63) is 57.0 Å². The molecule has 0 aliphatic heterocycles. The highest BCUT2D eigenvalue weighted by atomic mass is 79.9. The van der Waals surface area contributed by atoms with Crippen LogP contribution in [0.15, 0.2) is 40.9 Å². The predicted octanol–water partition coefficient (Wildman–Crippen LogP) is 5.49. The van der Waals surface area contributed by atoms with Crippen LogP contribution in [0.25, 0.3) is 0 Å². The van der Waals surface area contributed by atoms with E-state index in [1.807, 2.05) is 19.1 Å². The summed E-state index contributed by atoms with van der Waals surface area (Å²) < 4.78 is 6.52. The number of hydrogen-bond acceptors (Lipinski definition) is 3. The van der Waals surface area contributed by atoms with Crippen LogP contribution in [0.4, 0.5) is 5.69 Å².